The number of hydrogen-bond donors (Lipinski definition) is 1. The maximum Gasteiger partial charge on any atom is 0.257 e. The van der Waals surface area contributed by atoms with Gasteiger partial charge in [-0.05, 0) is 30.5 Å². The molecule has 2 amide bonds. The topological polar surface area (TPSA) is 61.9 Å². The van der Waals surface area contributed by atoms with Gasteiger partial charge in [0.2, 0.25) is 0 Å². The van der Waals surface area contributed by atoms with Crippen LogP contribution < -0.4 is 10.1 Å². The lowest BCUT2D eigenvalue weighted by atomic mass is 10.2. The van der Waals surface area contributed by atoms with Crippen molar-refractivity contribution in [1.82, 2.24) is 15.1 Å². The average molecular weight is 388 g/mol. The Morgan fingerprint density at radius 1 is 1.11 bits per heavy atom. The maximum atomic E-state index is 12.3. The van der Waals surface area contributed by atoms with Crippen LogP contribution in [0.25, 0.3) is 0 Å². The second kappa shape index (κ2) is 9.53. The van der Waals surface area contributed by atoms with Crippen LogP contribution in [0.5, 0.6) is 5.75 Å². The molecule has 1 N–H and O–H groups in total. The third-order valence-electron chi connectivity index (χ3n) is 4.57. The van der Waals surface area contributed by atoms with E-state index < -0.39 is 0 Å². The highest BCUT2D eigenvalue weighted by molar-refractivity contribution is 7.08. The molecule has 0 unspecified atom stereocenters. The van der Waals surface area contributed by atoms with Crippen molar-refractivity contribution < 1.29 is 14.3 Å². The Bertz CT molecular complexity index is 738. The summed E-state index contributed by atoms with van der Waals surface area (Å²) in [6, 6.07) is 9.50. The van der Waals surface area contributed by atoms with Crippen molar-refractivity contribution in [2.24, 2.45) is 0 Å². The summed E-state index contributed by atoms with van der Waals surface area (Å²) >= 11 is 1.54. The minimum absolute atomic E-state index is 0.0198. The van der Waals surface area contributed by atoms with Crippen LogP contribution in [0.3, 0.4) is 0 Å². The van der Waals surface area contributed by atoms with Crippen molar-refractivity contribution in [2.75, 3.05) is 45.9 Å². The molecule has 0 bridgehead atoms. The number of hydrogen-bond acceptors (Lipinski definition) is 5. The fourth-order valence-electron chi connectivity index (χ4n) is 2.93. The molecule has 1 aromatic carbocycles. The van der Waals surface area contributed by atoms with E-state index in [0.717, 1.165) is 43.9 Å². The van der Waals surface area contributed by atoms with Crippen molar-refractivity contribution in [3.8, 4) is 5.75 Å². The molecule has 1 fully saturated rings. The van der Waals surface area contributed by atoms with Crippen LogP contribution in [0.4, 0.5) is 0 Å². The summed E-state index contributed by atoms with van der Waals surface area (Å²) in [5.74, 6) is 0.682. The molecule has 1 aliphatic heterocycles. The van der Waals surface area contributed by atoms with E-state index in [9.17, 15) is 9.59 Å². The second-order valence-electron chi connectivity index (χ2n) is 6.60. The van der Waals surface area contributed by atoms with E-state index in [0.29, 0.717) is 12.3 Å². The van der Waals surface area contributed by atoms with E-state index in [2.05, 4.69) is 10.2 Å². The Kier molecular flexibility index (Phi) is 6.84. The summed E-state index contributed by atoms with van der Waals surface area (Å²) in [5, 5.41) is 6.70. The van der Waals surface area contributed by atoms with E-state index in [1.807, 2.05) is 52.9 Å². The Morgan fingerprint density at radius 2 is 1.85 bits per heavy atom. The van der Waals surface area contributed by atoms with Crippen LogP contribution in [0.2, 0.25) is 0 Å². The molecule has 7 heteroatoms. The third-order valence-corrected chi connectivity index (χ3v) is 5.25. The van der Waals surface area contributed by atoms with Crippen LogP contribution in [-0.2, 0) is 4.79 Å². The number of benzene rings is 1. The molecule has 0 spiro atoms. The number of ether oxygens (including phenoxy) is 1. The smallest absolute Gasteiger partial charge is 0.257 e. The van der Waals surface area contributed by atoms with Crippen molar-refractivity contribution >= 4 is 23.2 Å². The van der Waals surface area contributed by atoms with Gasteiger partial charge in [-0.3, -0.25) is 14.5 Å². The maximum absolute atomic E-state index is 12.3. The molecule has 2 aromatic rings. The minimum atomic E-state index is -0.123. The number of nitrogens with one attached hydrogen (secondary N) is 1. The summed E-state index contributed by atoms with van der Waals surface area (Å²) < 4.78 is 5.47. The SMILES string of the molecule is Cc1ccc(OCC(=O)NCCN2CCN(C(=O)c3ccsc3)CC2)cc1. The number of thiophene rings is 1. The lowest BCUT2D eigenvalue weighted by molar-refractivity contribution is -0.123. The fraction of sp³-hybridized carbons (Fsp3) is 0.400. The zero-order chi connectivity index (χ0) is 19.1. The Morgan fingerprint density at radius 3 is 2.52 bits per heavy atom. The van der Waals surface area contributed by atoms with Gasteiger partial charge in [0.15, 0.2) is 6.61 Å². The van der Waals surface area contributed by atoms with E-state index in [1.165, 1.54) is 0 Å². The number of nitrogens with zero attached hydrogens (tertiary/aromatic N) is 2. The van der Waals surface area contributed by atoms with Gasteiger partial charge < -0.3 is 15.0 Å². The van der Waals surface area contributed by atoms with Gasteiger partial charge in [-0.1, -0.05) is 17.7 Å². The first-order valence-electron chi connectivity index (χ1n) is 9.12. The Balaban J connectivity index is 1.30. The molecule has 1 aliphatic rings. The van der Waals surface area contributed by atoms with Gasteiger partial charge in [0, 0.05) is 44.6 Å². The highest BCUT2D eigenvalue weighted by atomic mass is 32.1. The molecule has 27 heavy (non-hydrogen) atoms. The van der Waals surface area contributed by atoms with Crippen molar-refractivity contribution in [2.45, 2.75) is 6.92 Å². The normalized spacial score (nSPS) is 14.8. The molecule has 144 valence electrons. The van der Waals surface area contributed by atoms with Crippen LogP contribution in [0.15, 0.2) is 41.1 Å². The van der Waals surface area contributed by atoms with Gasteiger partial charge in [0.1, 0.15) is 5.75 Å². The number of piperazine rings is 1. The number of aryl methyl sites for hydroxylation is 1. The Hall–Kier alpha value is -2.38. The summed E-state index contributed by atoms with van der Waals surface area (Å²) in [7, 11) is 0. The lowest BCUT2D eigenvalue weighted by Crippen LogP contribution is -2.50. The van der Waals surface area contributed by atoms with Crippen molar-refractivity contribution in [1.29, 1.82) is 0 Å². The van der Waals surface area contributed by atoms with Crippen LogP contribution in [-0.4, -0.2) is 67.5 Å². The van der Waals surface area contributed by atoms with Gasteiger partial charge in [-0.25, -0.2) is 0 Å². The van der Waals surface area contributed by atoms with Gasteiger partial charge in [0.05, 0.1) is 5.56 Å². The monoisotopic (exact) mass is 387 g/mol. The molecular weight excluding hydrogens is 362 g/mol. The summed E-state index contributed by atoms with van der Waals surface area (Å²) in [5.41, 5.74) is 1.93. The molecule has 2 heterocycles. The predicted octanol–water partition coefficient (Wildman–Crippen LogP) is 2.01. The van der Waals surface area contributed by atoms with Crippen LogP contribution >= 0.6 is 11.3 Å². The highest BCUT2D eigenvalue weighted by Gasteiger charge is 2.22. The number of rotatable bonds is 7. The molecule has 6 nitrogen and oxygen atoms in total. The number of amides is 2. The summed E-state index contributed by atoms with van der Waals surface area (Å²) in [4.78, 5) is 28.4. The predicted molar refractivity (Wildman–Crippen MR) is 106 cm³/mol. The van der Waals surface area contributed by atoms with E-state index in [-0.39, 0.29) is 18.4 Å². The standard InChI is InChI=1S/C20H25N3O3S/c1-16-2-4-18(5-3-16)26-14-19(24)21-7-8-22-9-11-23(12-10-22)20(25)17-6-13-27-15-17/h2-6,13,15H,7-12,14H2,1H3,(H,21,24). The van der Waals surface area contributed by atoms with Gasteiger partial charge in [-0.15, -0.1) is 0 Å². The van der Waals surface area contributed by atoms with Gasteiger partial charge >= 0.3 is 0 Å². The summed E-state index contributed by atoms with van der Waals surface area (Å²) in [6.45, 7) is 6.47. The number of carbonyl (C=O) groups is 2. The van der Waals surface area contributed by atoms with Crippen molar-refractivity contribution in [3.05, 3.63) is 52.2 Å². The van der Waals surface area contributed by atoms with Gasteiger partial charge in [-0.2, -0.15) is 11.3 Å². The molecule has 3 rings (SSSR count). The average Bonchev–Trinajstić information content (AvgIpc) is 3.22. The molecule has 0 saturated carbocycles. The number of carbonyl (C=O) groups excluding carboxylic acids is 2. The largest absolute Gasteiger partial charge is 0.484 e. The van der Waals surface area contributed by atoms with E-state index in [1.54, 1.807) is 11.3 Å². The van der Waals surface area contributed by atoms with Crippen LogP contribution in [0.1, 0.15) is 15.9 Å². The molecule has 0 atom stereocenters. The molecular formula is C20H25N3O3S. The summed E-state index contributed by atoms with van der Waals surface area (Å²) in [6.07, 6.45) is 0. The Labute approximate surface area is 163 Å². The van der Waals surface area contributed by atoms with E-state index >= 15 is 0 Å². The zero-order valence-corrected chi connectivity index (χ0v) is 16.3. The van der Waals surface area contributed by atoms with Gasteiger partial charge in [0.25, 0.3) is 11.8 Å². The van der Waals surface area contributed by atoms with Crippen molar-refractivity contribution in [3.63, 3.8) is 0 Å². The molecule has 0 radical (unpaired) electrons. The third kappa shape index (κ3) is 5.80. The quantitative estimate of drug-likeness (QED) is 0.790. The zero-order valence-electron chi connectivity index (χ0n) is 15.5. The van der Waals surface area contributed by atoms with E-state index in [4.69, 9.17) is 4.74 Å². The first-order valence-corrected chi connectivity index (χ1v) is 10.1. The molecule has 0 aliphatic carbocycles. The van der Waals surface area contributed by atoms with Crippen LogP contribution in [0, 0.1) is 6.92 Å². The molecule has 1 saturated heterocycles. The first kappa shape index (κ1) is 19.4. The lowest BCUT2D eigenvalue weighted by Gasteiger charge is -2.34. The fourth-order valence-corrected chi connectivity index (χ4v) is 3.56. The highest BCUT2D eigenvalue weighted by Crippen LogP contribution is 2.12. The molecule has 1 aromatic heterocycles. The first-order chi connectivity index (χ1) is 13.1. The second-order valence-corrected chi connectivity index (χ2v) is 7.38. The minimum Gasteiger partial charge on any atom is -0.484 e.